The van der Waals surface area contributed by atoms with Gasteiger partial charge in [-0.05, 0) is 0 Å². The fraction of sp³-hybridized carbons (Fsp3) is 0.417. The number of hydrogen-bond donors (Lipinski definition) is 0. The van der Waals surface area contributed by atoms with Gasteiger partial charge >= 0.3 is 0 Å². The first kappa shape index (κ1) is 9.96. The van der Waals surface area contributed by atoms with E-state index in [4.69, 9.17) is 14.2 Å². The minimum Gasteiger partial charge on any atom is -0.349 e. The molecule has 4 nitrogen and oxygen atoms in total. The first-order valence-electron chi connectivity index (χ1n) is 5.31. The van der Waals surface area contributed by atoms with Crippen molar-refractivity contribution in [2.24, 2.45) is 5.92 Å². The Labute approximate surface area is 93.1 Å². The monoisotopic (exact) mass is 220 g/mol. The molecule has 2 heterocycles. The number of ether oxygens (including phenoxy) is 3. The Morgan fingerprint density at radius 1 is 1.19 bits per heavy atom. The summed E-state index contributed by atoms with van der Waals surface area (Å²) in [5, 5.41) is 0. The lowest BCUT2D eigenvalue weighted by molar-refractivity contribution is -0.145. The lowest BCUT2D eigenvalue weighted by Crippen LogP contribution is -2.23. The lowest BCUT2D eigenvalue weighted by atomic mass is 10.1. The zero-order chi connectivity index (χ0) is 11.0. The molecule has 0 radical (unpaired) electrons. The molecule has 0 saturated carbocycles. The molecule has 3 rings (SSSR count). The first-order chi connectivity index (χ1) is 7.88. The summed E-state index contributed by atoms with van der Waals surface area (Å²) in [5.41, 5.74) is 0.949. The van der Waals surface area contributed by atoms with Crippen LogP contribution in [0.25, 0.3) is 0 Å². The van der Waals surface area contributed by atoms with Crippen molar-refractivity contribution in [3.8, 4) is 0 Å². The topological polar surface area (TPSA) is 44.8 Å². The third kappa shape index (κ3) is 1.55. The highest BCUT2D eigenvalue weighted by Crippen LogP contribution is 2.38. The maximum Gasteiger partial charge on any atom is 0.188 e. The average Bonchev–Trinajstić information content (AvgIpc) is 2.89. The Morgan fingerprint density at radius 3 is 2.75 bits per heavy atom. The van der Waals surface area contributed by atoms with E-state index in [9.17, 15) is 4.79 Å². The van der Waals surface area contributed by atoms with Gasteiger partial charge in [0.05, 0.1) is 12.5 Å². The van der Waals surface area contributed by atoms with Gasteiger partial charge in [0, 0.05) is 5.56 Å². The minimum atomic E-state index is -0.418. The van der Waals surface area contributed by atoms with Crippen molar-refractivity contribution in [2.45, 2.75) is 18.7 Å². The minimum absolute atomic E-state index is 0.210. The summed E-state index contributed by atoms with van der Waals surface area (Å²) in [5.74, 6) is -0.210. The van der Waals surface area contributed by atoms with Crippen molar-refractivity contribution >= 4 is 6.29 Å². The summed E-state index contributed by atoms with van der Waals surface area (Å²) >= 11 is 0. The molecule has 2 saturated heterocycles. The molecule has 0 N–H and O–H groups in total. The summed E-state index contributed by atoms with van der Waals surface area (Å²) < 4.78 is 16.7. The van der Waals surface area contributed by atoms with Crippen LogP contribution in [0.5, 0.6) is 0 Å². The Hall–Kier alpha value is -1.23. The van der Waals surface area contributed by atoms with Gasteiger partial charge in [-0.1, -0.05) is 30.3 Å². The number of aldehydes is 1. The van der Waals surface area contributed by atoms with Crippen LogP contribution in [0.4, 0.5) is 0 Å². The van der Waals surface area contributed by atoms with E-state index in [0.717, 1.165) is 11.8 Å². The molecule has 2 aliphatic heterocycles. The molecule has 1 aromatic carbocycles. The normalized spacial score (nSPS) is 37.2. The van der Waals surface area contributed by atoms with Crippen LogP contribution in [0.2, 0.25) is 0 Å². The van der Waals surface area contributed by atoms with Crippen LogP contribution >= 0.6 is 0 Å². The molecule has 4 atom stereocenters. The van der Waals surface area contributed by atoms with Crippen molar-refractivity contribution < 1.29 is 19.0 Å². The summed E-state index contributed by atoms with van der Waals surface area (Å²) in [7, 11) is 0. The fourth-order valence-corrected chi connectivity index (χ4v) is 2.06. The highest BCUT2D eigenvalue weighted by atomic mass is 16.8. The number of benzene rings is 1. The van der Waals surface area contributed by atoms with Crippen molar-refractivity contribution in [1.29, 1.82) is 0 Å². The van der Waals surface area contributed by atoms with Crippen LogP contribution in [0.15, 0.2) is 30.3 Å². The van der Waals surface area contributed by atoms with E-state index >= 15 is 0 Å². The van der Waals surface area contributed by atoms with E-state index in [1.807, 2.05) is 30.3 Å². The molecule has 2 fully saturated rings. The molecule has 2 aliphatic rings. The van der Waals surface area contributed by atoms with Crippen molar-refractivity contribution in [2.75, 3.05) is 6.61 Å². The summed E-state index contributed by atoms with van der Waals surface area (Å²) in [6.07, 6.45) is -0.205. The zero-order valence-electron chi connectivity index (χ0n) is 8.61. The van der Waals surface area contributed by atoms with Gasteiger partial charge in [-0.15, -0.1) is 0 Å². The molecule has 16 heavy (non-hydrogen) atoms. The van der Waals surface area contributed by atoms with Crippen LogP contribution < -0.4 is 0 Å². The maximum absolute atomic E-state index is 10.8. The molecule has 1 aromatic rings. The van der Waals surface area contributed by atoms with E-state index in [1.165, 1.54) is 0 Å². The number of rotatable bonds is 2. The van der Waals surface area contributed by atoms with Gasteiger partial charge < -0.3 is 19.0 Å². The van der Waals surface area contributed by atoms with Crippen molar-refractivity contribution in [3.63, 3.8) is 0 Å². The molecule has 0 amide bonds. The molecule has 84 valence electrons. The third-order valence-electron chi connectivity index (χ3n) is 2.93. The second-order valence-corrected chi connectivity index (χ2v) is 3.98. The molecular weight excluding hydrogens is 208 g/mol. The Kier molecular flexibility index (Phi) is 2.47. The largest absolute Gasteiger partial charge is 0.349 e. The van der Waals surface area contributed by atoms with Gasteiger partial charge in [-0.25, -0.2) is 0 Å². The van der Waals surface area contributed by atoms with Gasteiger partial charge in [0.15, 0.2) is 12.6 Å². The van der Waals surface area contributed by atoms with Crippen molar-refractivity contribution in [1.82, 2.24) is 0 Å². The average molecular weight is 220 g/mol. The standard InChI is InChI=1S/C12H12O4/c13-6-9-7-14-12-10(9)15-11(16-12)8-4-2-1-3-5-8/h1-6,9-12H,7H2/t9?,10?,11?,12-/m1/s1. The van der Waals surface area contributed by atoms with Crippen LogP contribution in [0.3, 0.4) is 0 Å². The quantitative estimate of drug-likeness (QED) is 0.704. The third-order valence-corrected chi connectivity index (χ3v) is 2.93. The predicted molar refractivity (Wildman–Crippen MR) is 54.4 cm³/mol. The molecule has 0 aromatic heterocycles. The molecule has 0 aliphatic carbocycles. The molecule has 4 heteroatoms. The number of carbonyl (C=O) groups excluding carboxylic acids is 1. The first-order valence-corrected chi connectivity index (χ1v) is 5.31. The lowest BCUT2D eigenvalue weighted by Gasteiger charge is -2.12. The van der Waals surface area contributed by atoms with Gasteiger partial charge in [0.1, 0.15) is 12.4 Å². The summed E-state index contributed by atoms with van der Waals surface area (Å²) in [6.45, 7) is 0.389. The second kappa shape index (κ2) is 3.97. The Balaban J connectivity index is 1.77. The molecule has 0 spiro atoms. The highest BCUT2D eigenvalue weighted by molar-refractivity contribution is 5.55. The smallest absolute Gasteiger partial charge is 0.188 e. The molecule has 3 unspecified atom stereocenters. The van der Waals surface area contributed by atoms with Crippen molar-refractivity contribution in [3.05, 3.63) is 35.9 Å². The fourth-order valence-electron chi connectivity index (χ4n) is 2.06. The number of hydrogen-bond acceptors (Lipinski definition) is 4. The second-order valence-electron chi connectivity index (χ2n) is 3.98. The highest BCUT2D eigenvalue weighted by Gasteiger charge is 2.47. The van der Waals surface area contributed by atoms with Gasteiger partial charge in [0.2, 0.25) is 0 Å². The molecular formula is C12H12O4. The van der Waals surface area contributed by atoms with Crippen LogP contribution in [0.1, 0.15) is 11.9 Å². The van der Waals surface area contributed by atoms with E-state index < -0.39 is 12.6 Å². The van der Waals surface area contributed by atoms with E-state index in [2.05, 4.69) is 0 Å². The van der Waals surface area contributed by atoms with E-state index in [0.29, 0.717) is 6.61 Å². The molecule has 0 bridgehead atoms. The van der Waals surface area contributed by atoms with Gasteiger partial charge in [-0.3, -0.25) is 0 Å². The van der Waals surface area contributed by atoms with E-state index in [-0.39, 0.29) is 12.0 Å². The van der Waals surface area contributed by atoms with E-state index in [1.54, 1.807) is 0 Å². The Morgan fingerprint density at radius 2 is 2.00 bits per heavy atom. The van der Waals surface area contributed by atoms with Crippen LogP contribution in [-0.2, 0) is 19.0 Å². The number of fused-ring (bicyclic) bond motifs is 1. The van der Waals surface area contributed by atoms with Gasteiger partial charge in [0.25, 0.3) is 0 Å². The number of carbonyl (C=O) groups is 1. The summed E-state index contributed by atoms with van der Waals surface area (Å²) in [6, 6.07) is 9.65. The van der Waals surface area contributed by atoms with Crippen LogP contribution in [0, 0.1) is 5.92 Å². The zero-order valence-corrected chi connectivity index (χ0v) is 8.61. The maximum atomic E-state index is 10.8. The SMILES string of the molecule is O=CC1CO[C@@H]2OC(c3ccccc3)OC12. The van der Waals surface area contributed by atoms with Gasteiger partial charge in [-0.2, -0.15) is 0 Å². The van der Waals surface area contributed by atoms with Crippen LogP contribution in [-0.4, -0.2) is 25.3 Å². The Bertz CT molecular complexity index is 378. The predicted octanol–water partition coefficient (Wildman–Crippen LogP) is 1.27. The summed E-state index contributed by atoms with van der Waals surface area (Å²) in [4.78, 5) is 10.8.